The van der Waals surface area contributed by atoms with Gasteiger partial charge in [-0.05, 0) is 72.9 Å². The molecule has 0 saturated carbocycles. The predicted octanol–water partition coefficient (Wildman–Crippen LogP) is 3.90. The minimum Gasteiger partial charge on any atom is -0.367 e. The minimum absolute atomic E-state index is 0.192. The molecule has 1 aliphatic rings. The maximum Gasteiger partial charge on any atom is 0.265 e. The first-order valence-electron chi connectivity index (χ1n) is 11.5. The Balaban J connectivity index is 1.27. The molecule has 5 rings (SSSR count). The van der Waals surface area contributed by atoms with Crippen LogP contribution in [0.2, 0.25) is 0 Å². The molecule has 1 aliphatic heterocycles. The zero-order chi connectivity index (χ0) is 24.6. The lowest BCUT2D eigenvalue weighted by Crippen LogP contribution is -2.42. The standard InChI is InChI=1S/C26H27N5O3S/c1-17-2-9-25(28-16-17)29-21-10-12-31(13-11-21)35(33,34)22-6-3-18(4-7-22)19-5-8-23-20(14-19)15-24(30-23)26(27)32/h2-9,14-16,21,30H,10-13H2,1H3,(H2,27,32)(H,28,29). The number of benzene rings is 2. The van der Waals surface area contributed by atoms with Gasteiger partial charge in [0.2, 0.25) is 10.0 Å². The van der Waals surface area contributed by atoms with Crippen molar-refractivity contribution in [1.29, 1.82) is 0 Å². The molecule has 1 amide bonds. The number of sulfonamides is 1. The van der Waals surface area contributed by atoms with Gasteiger partial charge in [-0.15, -0.1) is 0 Å². The molecule has 1 saturated heterocycles. The van der Waals surface area contributed by atoms with Gasteiger partial charge in [-0.1, -0.05) is 24.3 Å². The number of nitrogens with two attached hydrogens (primary N) is 1. The van der Waals surface area contributed by atoms with Crippen LogP contribution in [0.4, 0.5) is 5.82 Å². The Bertz CT molecular complexity index is 1470. The lowest BCUT2D eigenvalue weighted by atomic mass is 10.0. The van der Waals surface area contributed by atoms with Gasteiger partial charge < -0.3 is 16.0 Å². The number of pyridine rings is 1. The fourth-order valence-corrected chi connectivity index (χ4v) is 5.89. The summed E-state index contributed by atoms with van der Waals surface area (Å²) >= 11 is 0. The summed E-state index contributed by atoms with van der Waals surface area (Å²) in [5.74, 6) is 0.306. The third-order valence-corrected chi connectivity index (χ3v) is 8.34. The summed E-state index contributed by atoms with van der Waals surface area (Å²) in [6.07, 6.45) is 3.26. The summed E-state index contributed by atoms with van der Waals surface area (Å²) in [5.41, 5.74) is 9.44. The average molecular weight is 490 g/mol. The highest BCUT2D eigenvalue weighted by atomic mass is 32.2. The molecular weight excluding hydrogens is 462 g/mol. The number of aryl methyl sites for hydroxylation is 1. The van der Waals surface area contributed by atoms with Crippen molar-refractivity contribution in [1.82, 2.24) is 14.3 Å². The molecule has 1 fully saturated rings. The average Bonchev–Trinajstić information content (AvgIpc) is 3.30. The van der Waals surface area contributed by atoms with Gasteiger partial charge in [-0.3, -0.25) is 4.79 Å². The fraction of sp³-hybridized carbons (Fsp3) is 0.231. The van der Waals surface area contributed by atoms with E-state index in [2.05, 4.69) is 15.3 Å². The van der Waals surface area contributed by atoms with Crippen LogP contribution < -0.4 is 11.1 Å². The maximum atomic E-state index is 13.2. The molecule has 35 heavy (non-hydrogen) atoms. The van der Waals surface area contributed by atoms with E-state index >= 15 is 0 Å². The number of carbonyl (C=O) groups excluding carboxylic acids is 1. The van der Waals surface area contributed by atoms with Gasteiger partial charge in [0.1, 0.15) is 11.5 Å². The van der Waals surface area contributed by atoms with Crippen LogP contribution in [0.3, 0.4) is 0 Å². The number of aromatic nitrogens is 2. The maximum absolute atomic E-state index is 13.2. The minimum atomic E-state index is -3.57. The molecule has 4 N–H and O–H groups in total. The summed E-state index contributed by atoms with van der Waals surface area (Å²) < 4.78 is 28.0. The normalized spacial score (nSPS) is 15.3. The smallest absolute Gasteiger partial charge is 0.265 e. The summed E-state index contributed by atoms with van der Waals surface area (Å²) in [6.45, 7) is 2.91. The first-order valence-corrected chi connectivity index (χ1v) is 13.0. The molecule has 0 radical (unpaired) electrons. The van der Waals surface area contributed by atoms with Crippen LogP contribution in [-0.4, -0.2) is 47.7 Å². The van der Waals surface area contributed by atoms with Crippen molar-refractivity contribution in [3.63, 3.8) is 0 Å². The first kappa shape index (κ1) is 23.1. The van der Waals surface area contributed by atoms with Crippen LogP contribution >= 0.6 is 0 Å². The molecule has 2 aromatic heterocycles. The lowest BCUT2D eigenvalue weighted by molar-refractivity contribution is 0.0996. The number of nitrogens with one attached hydrogen (secondary N) is 2. The van der Waals surface area contributed by atoms with E-state index in [9.17, 15) is 13.2 Å². The van der Waals surface area contributed by atoms with Gasteiger partial charge in [-0.2, -0.15) is 4.31 Å². The van der Waals surface area contributed by atoms with Crippen molar-refractivity contribution in [2.75, 3.05) is 18.4 Å². The van der Waals surface area contributed by atoms with Crippen molar-refractivity contribution in [3.8, 4) is 11.1 Å². The summed E-state index contributed by atoms with van der Waals surface area (Å²) in [5, 5.41) is 4.27. The van der Waals surface area contributed by atoms with E-state index in [0.717, 1.165) is 46.3 Å². The Morgan fingerprint density at radius 2 is 1.74 bits per heavy atom. The van der Waals surface area contributed by atoms with Gasteiger partial charge in [-0.25, -0.2) is 13.4 Å². The second-order valence-electron chi connectivity index (χ2n) is 8.92. The molecule has 8 nitrogen and oxygen atoms in total. The third kappa shape index (κ3) is 4.78. The van der Waals surface area contributed by atoms with Gasteiger partial charge >= 0.3 is 0 Å². The quantitative estimate of drug-likeness (QED) is 0.379. The number of H-pyrrole nitrogens is 1. The summed E-state index contributed by atoms with van der Waals surface area (Å²) in [4.78, 5) is 19.1. The molecule has 0 spiro atoms. The van der Waals surface area contributed by atoms with Gasteiger partial charge in [0, 0.05) is 36.2 Å². The predicted molar refractivity (Wildman–Crippen MR) is 137 cm³/mol. The van der Waals surface area contributed by atoms with E-state index in [1.54, 1.807) is 22.5 Å². The number of nitrogens with zero attached hydrogens (tertiary/aromatic N) is 2. The summed E-state index contributed by atoms with van der Waals surface area (Å²) in [6, 6.07) is 18.5. The number of fused-ring (bicyclic) bond motifs is 1. The molecule has 180 valence electrons. The molecule has 0 aliphatic carbocycles. The highest BCUT2D eigenvalue weighted by Crippen LogP contribution is 2.28. The van der Waals surface area contributed by atoms with Crippen LogP contribution in [0.25, 0.3) is 22.0 Å². The molecule has 2 aromatic carbocycles. The highest BCUT2D eigenvalue weighted by molar-refractivity contribution is 7.89. The van der Waals surface area contributed by atoms with Crippen molar-refractivity contribution >= 4 is 32.7 Å². The Labute approximate surface area is 204 Å². The number of amides is 1. The molecule has 3 heterocycles. The van der Waals surface area contributed by atoms with Crippen molar-refractivity contribution in [3.05, 3.63) is 78.1 Å². The molecular formula is C26H27N5O3S. The zero-order valence-electron chi connectivity index (χ0n) is 19.4. The van der Waals surface area contributed by atoms with Crippen LogP contribution in [0.1, 0.15) is 28.9 Å². The topological polar surface area (TPSA) is 121 Å². The number of primary amides is 1. The van der Waals surface area contributed by atoms with E-state index in [1.165, 1.54) is 0 Å². The monoisotopic (exact) mass is 489 g/mol. The van der Waals surface area contributed by atoms with Crippen molar-refractivity contribution in [2.45, 2.75) is 30.7 Å². The second-order valence-corrected chi connectivity index (χ2v) is 10.9. The second kappa shape index (κ2) is 9.16. The van der Waals surface area contributed by atoms with Crippen LogP contribution in [0, 0.1) is 6.92 Å². The van der Waals surface area contributed by atoms with E-state index in [0.29, 0.717) is 18.8 Å². The largest absolute Gasteiger partial charge is 0.367 e. The molecule has 4 aromatic rings. The van der Waals surface area contributed by atoms with E-state index < -0.39 is 15.9 Å². The number of piperidine rings is 1. The number of hydrogen-bond donors (Lipinski definition) is 3. The van der Waals surface area contributed by atoms with Gasteiger partial charge in [0.15, 0.2) is 0 Å². The molecule has 0 bridgehead atoms. The van der Waals surface area contributed by atoms with Crippen LogP contribution in [0.5, 0.6) is 0 Å². The van der Waals surface area contributed by atoms with Gasteiger partial charge in [0.25, 0.3) is 5.91 Å². The zero-order valence-corrected chi connectivity index (χ0v) is 20.2. The Hall–Kier alpha value is -3.69. The van der Waals surface area contributed by atoms with Crippen molar-refractivity contribution in [2.24, 2.45) is 5.73 Å². The lowest BCUT2D eigenvalue weighted by Gasteiger charge is -2.32. The first-order chi connectivity index (χ1) is 16.8. The third-order valence-electron chi connectivity index (χ3n) is 6.43. The highest BCUT2D eigenvalue weighted by Gasteiger charge is 2.29. The van der Waals surface area contributed by atoms with Crippen LogP contribution in [0.15, 0.2) is 71.8 Å². The SMILES string of the molecule is Cc1ccc(NC2CCN(S(=O)(=O)c3ccc(-c4ccc5[nH]c(C(N)=O)cc5c4)cc3)CC2)nc1. The van der Waals surface area contributed by atoms with Gasteiger partial charge in [0.05, 0.1) is 4.90 Å². The number of aromatic amines is 1. The number of anilines is 1. The van der Waals surface area contributed by atoms with E-state index in [-0.39, 0.29) is 10.9 Å². The fourth-order valence-electron chi connectivity index (χ4n) is 4.42. The summed E-state index contributed by atoms with van der Waals surface area (Å²) in [7, 11) is -3.57. The number of carbonyl (C=O) groups is 1. The molecule has 9 heteroatoms. The Morgan fingerprint density at radius 1 is 1.03 bits per heavy atom. The molecule has 0 unspecified atom stereocenters. The Kier molecular flexibility index (Phi) is 6.04. The van der Waals surface area contributed by atoms with Crippen molar-refractivity contribution < 1.29 is 13.2 Å². The van der Waals surface area contributed by atoms with E-state index in [1.807, 2.05) is 55.6 Å². The number of hydrogen-bond acceptors (Lipinski definition) is 5. The molecule has 0 atom stereocenters. The number of rotatable bonds is 6. The van der Waals surface area contributed by atoms with E-state index in [4.69, 9.17) is 5.73 Å². The Morgan fingerprint density at radius 3 is 2.40 bits per heavy atom. The van der Waals surface area contributed by atoms with Crippen LogP contribution in [-0.2, 0) is 10.0 Å².